The second kappa shape index (κ2) is 8.89. The van der Waals surface area contributed by atoms with Crippen LogP contribution in [0.25, 0.3) is 5.69 Å². The minimum Gasteiger partial charge on any atom is -0.340 e. The molecular formula is C20H21BrN4O3S. The third-order valence-corrected chi connectivity index (χ3v) is 6.73. The smallest absolute Gasteiger partial charge is 0.243 e. The number of rotatable bonds is 7. The van der Waals surface area contributed by atoms with E-state index >= 15 is 0 Å². The molecule has 0 aliphatic rings. The lowest BCUT2D eigenvalue weighted by Gasteiger charge is -2.21. The zero-order valence-corrected chi connectivity index (χ0v) is 18.5. The summed E-state index contributed by atoms with van der Waals surface area (Å²) in [6.45, 7) is 0.0829. The van der Waals surface area contributed by atoms with Crippen molar-refractivity contribution in [1.82, 2.24) is 19.0 Å². The molecule has 3 aromatic rings. The number of amides is 1. The summed E-state index contributed by atoms with van der Waals surface area (Å²) >= 11 is 3.28. The van der Waals surface area contributed by atoms with Crippen molar-refractivity contribution in [1.29, 1.82) is 0 Å². The van der Waals surface area contributed by atoms with E-state index in [-0.39, 0.29) is 17.3 Å². The Kier molecular flexibility index (Phi) is 6.51. The van der Waals surface area contributed by atoms with Gasteiger partial charge in [0.05, 0.1) is 23.3 Å². The monoisotopic (exact) mass is 476 g/mol. The molecule has 0 unspecified atom stereocenters. The Morgan fingerprint density at radius 2 is 1.72 bits per heavy atom. The molecule has 0 bridgehead atoms. The summed E-state index contributed by atoms with van der Waals surface area (Å²) in [6, 6.07) is 16.0. The molecule has 0 N–H and O–H groups in total. The molecule has 0 saturated carbocycles. The predicted octanol–water partition coefficient (Wildman–Crippen LogP) is 2.91. The van der Waals surface area contributed by atoms with E-state index in [0.29, 0.717) is 6.54 Å². The molecule has 0 aliphatic carbocycles. The van der Waals surface area contributed by atoms with E-state index in [1.54, 1.807) is 30.1 Å². The van der Waals surface area contributed by atoms with E-state index in [4.69, 9.17) is 0 Å². The second-order valence-corrected chi connectivity index (χ2v) is 9.55. The quantitative estimate of drug-likeness (QED) is 0.525. The summed E-state index contributed by atoms with van der Waals surface area (Å²) in [6.07, 6.45) is 3.54. The number of halogens is 1. The first-order chi connectivity index (χ1) is 13.8. The van der Waals surface area contributed by atoms with E-state index < -0.39 is 10.0 Å². The van der Waals surface area contributed by atoms with Crippen LogP contribution in [-0.4, -0.2) is 54.0 Å². The van der Waals surface area contributed by atoms with Gasteiger partial charge in [0.1, 0.15) is 0 Å². The standard InChI is InChI=1S/C20H21BrN4O3S/c1-23(13-16-12-22-25(14-16)18-6-4-3-5-7-18)20(26)15-24(2)29(27,28)19-10-8-17(21)9-11-19/h3-12,14H,13,15H2,1-2H3. The fourth-order valence-electron chi connectivity index (χ4n) is 2.71. The van der Waals surface area contributed by atoms with Crippen molar-refractivity contribution in [2.45, 2.75) is 11.4 Å². The van der Waals surface area contributed by atoms with E-state index in [2.05, 4.69) is 21.0 Å². The zero-order valence-electron chi connectivity index (χ0n) is 16.1. The zero-order chi connectivity index (χ0) is 21.0. The molecule has 3 rings (SSSR count). The average Bonchev–Trinajstić information content (AvgIpc) is 3.17. The van der Waals surface area contributed by atoms with E-state index in [1.165, 1.54) is 24.1 Å². The molecule has 152 valence electrons. The summed E-state index contributed by atoms with van der Waals surface area (Å²) in [4.78, 5) is 14.2. The highest BCUT2D eigenvalue weighted by molar-refractivity contribution is 9.10. The van der Waals surface area contributed by atoms with Crippen molar-refractivity contribution in [3.8, 4) is 5.69 Å². The first-order valence-corrected chi connectivity index (χ1v) is 11.1. The molecule has 7 nitrogen and oxygen atoms in total. The molecule has 1 heterocycles. The van der Waals surface area contributed by atoms with Gasteiger partial charge in [-0.15, -0.1) is 0 Å². The Bertz CT molecular complexity index is 1080. The highest BCUT2D eigenvalue weighted by atomic mass is 79.9. The van der Waals surface area contributed by atoms with Crippen LogP contribution in [-0.2, 0) is 21.4 Å². The summed E-state index contributed by atoms with van der Waals surface area (Å²) in [7, 11) is -0.700. The van der Waals surface area contributed by atoms with Gasteiger partial charge < -0.3 is 4.90 Å². The van der Waals surface area contributed by atoms with Crippen molar-refractivity contribution in [3.05, 3.63) is 77.0 Å². The molecular weight excluding hydrogens is 456 g/mol. The second-order valence-electron chi connectivity index (χ2n) is 6.59. The van der Waals surface area contributed by atoms with Gasteiger partial charge in [0.2, 0.25) is 15.9 Å². The molecule has 0 aliphatic heterocycles. The highest BCUT2D eigenvalue weighted by Crippen LogP contribution is 2.18. The summed E-state index contributed by atoms with van der Waals surface area (Å²) in [5.74, 6) is -0.305. The fourth-order valence-corrected chi connectivity index (χ4v) is 4.09. The summed E-state index contributed by atoms with van der Waals surface area (Å²) in [5.41, 5.74) is 1.77. The van der Waals surface area contributed by atoms with Gasteiger partial charge >= 0.3 is 0 Å². The van der Waals surface area contributed by atoms with E-state index in [9.17, 15) is 13.2 Å². The summed E-state index contributed by atoms with van der Waals surface area (Å²) < 4.78 is 28.9. The van der Waals surface area contributed by atoms with Crippen LogP contribution < -0.4 is 0 Å². The maximum atomic E-state index is 12.6. The molecule has 0 radical (unpaired) electrons. The van der Waals surface area contributed by atoms with Gasteiger partial charge in [-0.1, -0.05) is 34.1 Å². The fraction of sp³-hybridized carbons (Fsp3) is 0.200. The summed E-state index contributed by atoms with van der Waals surface area (Å²) in [5, 5.41) is 4.31. The van der Waals surface area contributed by atoms with Crippen molar-refractivity contribution in [2.75, 3.05) is 20.6 Å². The van der Waals surface area contributed by atoms with Crippen LogP contribution in [0.2, 0.25) is 0 Å². The van der Waals surface area contributed by atoms with Crippen LogP contribution in [0.1, 0.15) is 5.56 Å². The number of para-hydroxylation sites is 1. The Balaban J connectivity index is 1.63. The SMILES string of the molecule is CN(Cc1cnn(-c2ccccc2)c1)C(=O)CN(C)S(=O)(=O)c1ccc(Br)cc1. The molecule has 29 heavy (non-hydrogen) atoms. The number of nitrogens with zero attached hydrogens (tertiary/aromatic N) is 4. The predicted molar refractivity (Wildman–Crippen MR) is 114 cm³/mol. The molecule has 2 aromatic carbocycles. The highest BCUT2D eigenvalue weighted by Gasteiger charge is 2.24. The number of aromatic nitrogens is 2. The van der Waals surface area contributed by atoms with Crippen LogP contribution in [0.4, 0.5) is 0 Å². The lowest BCUT2D eigenvalue weighted by molar-refractivity contribution is -0.130. The topological polar surface area (TPSA) is 75.5 Å². The largest absolute Gasteiger partial charge is 0.340 e. The molecule has 0 saturated heterocycles. The van der Waals surface area contributed by atoms with Crippen molar-refractivity contribution < 1.29 is 13.2 Å². The number of hydrogen-bond acceptors (Lipinski definition) is 4. The normalized spacial score (nSPS) is 11.6. The number of hydrogen-bond donors (Lipinski definition) is 0. The van der Waals surface area contributed by atoms with Crippen LogP contribution in [0.3, 0.4) is 0 Å². The third-order valence-electron chi connectivity index (χ3n) is 4.38. The Morgan fingerprint density at radius 1 is 1.07 bits per heavy atom. The number of sulfonamides is 1. The maximum Gasteiger partial charge on any atom is 0.243 e. The Hall–Kier alpha value is -2.49. The number of likely N-dealkylation sites (N-methyl/N-ethyl adjacent to an activating group) is 2. The van der Waals surface area contributed by atoms with Gasteiger partial charge in [0, 0.05) is 36.9 Å². The van der Waals surface area contributed by atoms with Gasteiger partial charge in [-0.3, -0.25) is 4.79 Å². The van der Waals surface area contributed by atoms with Gasteiger partial charge in [0.25, 0.3) is 0 Å². The lowest BCUT2D eigenvalue weighted by atomic mass is 10.3. The molecule has 0 spiro atoms. The number of carbonyl (C=O) groups excluding carboxylic acids is 1. The van der Waals surface area contributed by atoms with Gasteiger partial charge in [-0.25, -0.2) is 13.1 Å². The first-order valence-electron chi connectivity index (χ1n) is 8.82. The van der Waals surface area contributed by atoms with Crippen LogP contribution >= 0.6 is 15.9 Å². The van der Waals surface area contributed by atoms with E-state index in [0.717, 1.165) is 20.0 Å². The van der Waals surface area contributed by atoms with Crippen molar-refractivity contribution in [3.63, 3.8) is 0 Å². The molecule has 1 aromatic heterocycles. The van der Waals surface area contributed by atoms with Gasteiger partial charge in [0.15, 0.2) is 0 Å². The molecule has 0 fully saturated rings. The van der Waals surface area contributed by atoms with Crippen LogP contribution in [0.5, 0.6) is 0 Å². The van der Waals surface area contributed by atoms with Gasteiger partial charge in [-0.05, 0) is 36.4 Å². The van der Waals surface area contributed by atoms with Gasteiger partial charge in [-0.2, -0.15) is 9.40 Å². The number of benzene rings is 2. The molecule has 9 heteroatoms. The van der Waals surface area contributed by atoms with Crippen molar-refractivity contribution in [2.24, 2.45) is 0 Å². The minimum atomic E-state index is -3.74. The lowest BCUT2D eigenvalue weighted by Crippen LogP contribution is -2.39. The van der Waals surface area contributed by atoms with Crippen LogP contribution in [0.15, 0.2) is 76.4 Å². The molecule has 0 atom stereocenters. The average molecular weight is 477 g/mol. The Labute approximate surface area is 178 Å². The van der Waals surface area contributed by atoms with Crippen LogP contribution in [0, 0.1) is 0 Å². The Morgan fingerprint density at radius 3 is 2.38 bits per heavy atom. The van der Waals surface area contributed by atoms with E-state index in [1.807, 2.05) is 36.5 Å². The number of carbonyl (C=O) groups is 1. The molecule has 1 amide bonds. The van der Waals surface area contributed by atoms with Crippen molar-refractivity contribution >= 4 is 31.9 Å². The minimum absolute atomic E-state index is 0.141. The maximum absolute atomic E-state index is 12.6. The third kappa shape index (κ3) is 5.11. The first kappa shape index (κ1) is 21.2.